The normalized spacial score (nSPS) is 12.1. The minimum absolute atomic E-state index is 0. The second-order valence-corrected chi connectivity index (χ2v) is 9.05. The Kier molecular flexibility index (Phi) is 20.4. The fraction of sp³-hybridized carbons (Fsp3) is 0.778. The summed E-state index contributed by atoms with van der Waals surface area (Å²) < 4.78 is 0. The molecule has 1 atom stereocenters. The summed E-state index contributed by atoms with van der Waals surface area (Å²) in [6.45, 7) is 2.30. The summed E-state index contributed by atoms with van der Waals surface area (Å²) in [7, 11) is 4.47. The van der Waals surface area contributed by atoms with Crippen LogP contribution in [0.5, 0.6) is 0 Å². The third kappa shape index (κ3) is 16.9. The van der Waals surface area contributed by atoms with E-state index in [4.69, 9.17) is 0 Å². The zero-order valence-corrected chi connectivity index (χ0v) is 20.7. The molecule has 1 aromatic rings. The largest absolute Gasteiger partial charge is 0.306 e. The molecule has 0 aliphatic heterocycles. The van der Waals surface area contributed by atoms with Crippen molar-refractivity contribution in [3.63, 3.8) is 0 Å². The molecule has 0 spiro atoms. The molecule has 1 aromatic carbocycles. The molecule has 0 fully saturated rings. The fourth-order valence-corrected chi connectivity index (χ4v) is 4.18. The van der Waals surface area contributed by atoms with Gasteiger partial charge in [-0.15, -0.1) is 12.4 Å². The zero-order valence-electron chi connectivity index (χ0n) is 19.8. The topological polar surface area (TPSA) is 3.24 Å². The zero-order chi connectivity index (χ0) is 20.3. The Morgan fingerprint density at radius 3 is 1.45 bits per heavy atom. The number of hydrogen-bond acceptors (Lipinski definition) is 1. The summed E-state index contributed by atoms with van der Waals surface area (Å²) in [5.41, 5.74) is 1.47. The van der Waals surface area contributed by atoms with Crippen LogP contribution in [0.2, 0.25) is 0 Å². The third-order valence-electron chi connectivity index (χ3n) is 6.19. The quantitative estimate of drug-likeness (QED) is 0.201. The predicted molar refractivity (Wildman–Crippen MR) is 134 cm³/mol. The van der Waals surface area contributed by atoms with Crippen LogP contribution in [0, 0.1) is 0 Å². The van der Waals surface area contributed by atoms with E-state index in [0.29, 0.717) is 6.04 Å². The molecule has 29 heavy (non-hydrogen) atoms. The molecule has 0 saturated carbocycles. The van der Waals surface area contributed by atoms with Gasteiger partial charge in [0.2, 0.25) is 0 Å². The second kappa shape index (κ2) is 20.7. The number of hydrogen-bond donors (Lipinski definition) is 0. The molecule has 1 rings (SSSR count). The SMILES string of the molecule is CCCCCCCCCCCCCCCCCC(Cc1ccccc1)N(C)C.Cl. The van der Waals surface area contributed by atoms with Crippen molar-refractivity contribution >= 4 is 12.4 Å². The molecule has 0 aliphatic rings. The van der Waals surface area contributed by atoms with Crippen molar-refractivity contribution in [3.8, 4) is 0 Å². The molecule has 0 heterocycles. The number of rotatable bonds is 19. The van der Waals surface area contributed by atoms with Crippen LogP contribution in [-0.2, 0) is 6.42 Å². The van der Waals surface area contributed by atoms with Gasteiger partial charge in [0.15, 0.2) is 0 Å². The molecule has 2 heteroatoms. The van der Waals surface area contributed by atoms with Crippen LogP contribution in [0.1, 0.15) is 115 Å². The Morgan fingerprint density at radius 2 is 1.03 bits per heavy atom. The van der Waals surface area contributed by atoms with E-state index in [1.54, 1.807) is 0 Å². The molecule has 170 valence electrons. The van der Waals surface area contributed by atoms with E-state index in [1.165, 1.54) is 115 Å². The average Bonchev–Trinajstić information content (AvgIpc) is 2.70. The van der Waals surface area contributed by atoms with E-state index in [2.05, 4.69) is 56.3 Å². The monoisotopic (exact) mass is 423 g/mol. The van der Waals surface area contributed by atoms with Crippen LogP contribution in [-0.4, -0.2) is 25.0 Å². The van der Waals surface area contributed by atoms with Crippen LogP contribution < -0.4 is 0 Å². The molecule has 0 aromatic heterocycles. The Bertz CT molecular complexity index is 431. The van der Waals surface area contributed by atoms with E-state index in [-0.39, 0.29) is 12.4 Å². The van der Waals surface area contributed by atoms with Crippen LogP contribution in [0.3, 0.4) is 0 Å². The summed E-state index contributed by atoms with van der Waals surface area (Å²) in [5.74, 6) is 0. The summed E-state index contributed by atoms with van der Waals surface area (Å²) in [6, 6.07) is 11.7. The number of unbranched alkanes of at least 4 members (excludes halogenated alkanes) is 14. The minimum Gasteiger partial charge on any atom is -0.306 e. The summed E-state index contributed by atoms with van der Waals surface area (Å²) >= 11 is 0. The van der Waals surface area contributed by atoms with Crippen molar-refractivity contribution in [3.05, 3.63) is 35.9 Å². The van der Waals surface area contributed by atoms with Gasteiger partial charge in [0.25, 0.3) is 0 Å². The molecule has 0 bridgehead atoms. The van der Waals surface area contributed by atoms with Crippen molar-refractivity contribution in [2.24, 2.45) is 0 Å². The maximum atomic E-state index is 2.41. The molecular weight excluding hydrogens is 374 g/mol. The van der Waals surface area contributed by atoms with Gasteiger partial charge in [0.1, 0.15) is 0 Å². The van der Waals surface area contributed by atoms with Gasteiger partial charge >= 0.3 is 0 Å². The molecular formula is C27H50ClN. The van der Waals surface area contributed by atoms with Gasteiger partial charge in [0.05, 0.1) is 0 Å². The van der Waals surface area contributed by atoms with Gasteiger partial charge in [-0.05, 0) is 32.5 Å². The number of benzene rings is 1. The van der Waals surface area contributed by atoms with Crippen LogP contribution in [0.25, 0.3) is 0 Å². The van der Waals surface area contributed by atoms with Crippen LogP contribution in [0.15, 0.2) is 30.3 Å². The molecule has 0 radical (unpaired) electrons. The van der Waals surface area contributed by atoms with Gasteiger partial charge < -0.3 is 4.90 Å². The van der Waals surface area contributed by atoms with Gasteiger partial charge in [0, 0.05) is 6.04 Å². The summed E-state index contributed by atoms with van der Waals surface area (Å²) in [5, 5.41) is 0. The third-order valence-corrected chi connectivity index (χ3v) is 6.19. The van der Waals surface area contributed by atoms with Crippen molar-refractivity contribution in [2.75, 3.05) is 14.1 Å². The lowest BCUT2D eigenvalue weighted by atomic mass is 9.98. The molecule has 0 amide bonds. The smallest absolute Gasteiger partial charge is 0.0130 e. The number of likely N-dealkylation sites (N-methyl/N-ethyl adjacent to an activating group) is 1. The highest BCUT2D eigenvalue weighted by atomic mass is 35.5. The highest BCUT2D eigenvalue weighted by Crippen LogP contribution is 2.16. The Labute approximate surface area is 189 Å². The van der Waals surface area contributed by atoms with Gasteiger partial charge in [-0.1, -0.05) is 134 Å². The highest BCUT2D eigenvalue weighted by Gasteiger charge is 2.11. The van der Waals surface area contributed by atoms with Crippen molar-refractivity contribution in [1.29, 1.82) is 0 Å². The van der Waals surface area contributed by atoms with E-state index in [1.807, 2.05) is 0 Å². The molecule has 0 N–H and O–H groups in total. The lowest BCUT2D eigenvalue weighted by molar-refractivity contribution is 0.269. The van der Waals surface area contributed by atoms with Crippen molar-refractivity contribution in [2.45, 2.75) is 122 Å². The number of nitrogens with zero attached hydrogens (tertiary/aromatic N) is 1. The first-order valence-electron chi connectivity index (χ1n) is 12.4. The molecule has 0 saturated heterocycles. The van der Waals surface area contributed by atoms with Crippen LogP contribution in [0.4, 0.5) is 0 Å². The Morgan fingerprint density at radius 1 is 0.621 bits per heavy atom. The lowest BCUT2D eigenvalue weighted by Crippen LogP contribution is -2.30. The maximum Gasteiger partial charge on any atom is 0.0130 e. The van der Waals surface area contributed by atoms with E-state index in [9.17, 15) is 0 Å². The summed E-state index contributed by atoms with van der Waals surface area (Å²) in [4.78, 5) is 2.41. The molecule has 1 nitrogen and oxygen atoms in total. The second-order valence-electron chi connectivity index (χ2n) is 9.05. The first-order chi connectivity index (χ1) is 13.7. The minimum atomic E-state index is 0. The lowest BCUT2D eigenvalue weighted by Gasteiger charge is -2.24. The average molecular weight is 424 g/mol. The first-order valence-corrected chi connectivity index (χ1v) is 12.4. The van der Waals surface area contributed by atoms with E-state index < -0.39 is 0 Å². The molecule has 0 aliphatic carbocycles. The summed E-state index contributed by atoms with van der Waals surface area (Å²) in [6.07, 6.45) is 24.2. The predicted octanol–water partition coefficient (Wildman–Crippen LogP) is 8.84. The van der Waals surface area contributed by atoms with Crippen molar-refractivity contribution < 1.29 is 0 Å². The highest BCUT2D eigenvalue weighted by molar-refractivity contribution is 5.85. The van der Waals surface area contributed by atoms with Gasteiger partial charge in [-0.25, -0.2) is 0 Å². The van der Waals surface area contributed by atoms with E-state index in [0.717, 1.165) is 0 Å². The van der Waals surface area contributed by atoms with Gasteiger partial charge in [-0.2, -0.15) is 0 Å². The fourth-order valence-electron chi connectivity index (χ4n) is 4.18. The Hall–Kier alpha value is -0.530. The van der Waals surface area contributed by atoms with Gasteiger partial charge in [-0.3, -0.25) is 0 Å². The maximum absolute atomic E-state index is 2.41. The first kappa shape index (κ1) is 28.5. The van der Waals surface area contributed by atoms with E-state index >= 15 is 0 Å². The number of halogens is 1. The van der Waals surface area contributed by atoms with Crippen molar-refractivity contribution in [1.82, 2.24) is 4.90 Å². The standard InChI is InChI=1S/C27H49N.ClH/c1-4-5-6-7-8-9-10-11-12-13-14-15-16-17-21-24-27(28(2)3)25-26-22-19-18-20-23-26;/h18-20,22-23,27H,4-17,21,24-25H2,1-3H3;1H. The molecule has 1 unspecified atom stereocenters. The van der Waals surface area contributed by atoms with Crippen LogP contribution >= 0.6 is 12.4 Å². The Balaban J connectivity index is 0.00000784.